The molecule has 0 spiro atoms. The maximum absolute atomic E-state index is 13.3. The molecule has 2 atom stereocenters. The standard InChI is InChI=1S/C31H40N4O7/c1-31(2,3)42-29(39)33-16-15-32-28(38)25(34-30(40)41-21-23-12-8-5-9-13-23)18-27(37)24-20-35(17-14-26(24)36)19-22-10-6-4-7-11-22/h4-13,24-25H,14-21H2,1-3H3,(H,32,38)(H,33,39)(H,34,40)/t24?,25-/m0/s1. The number of amides is 3. The van der Waals surface area contributed by atoms with E-state index in [-0.39, 0.29) is 44.9 Å². The fourth-order valence-corrected chi connectivity index (χ4v) is 4.41. The summed E-state index contributed by atoms with van der Waals surface area (Å²) in [6.45, 7) is 6.63. The van der Waals surface area contributed by atoms with Crippen LogP contribution in [0.1, 0.15) is 44.7 Å². The number of nitrogens with zero attached hydrogens (tertiary/aromatic N) is 1. The number of carbonyl (C=O) groups excluding carboxylic acids is 5. The number of hydrogen-bond acceptors (Lipinski definition) is 8. The Balaban J connectivity index is 1.60. The quantitative estimate of drug-likeness (QED) is 0.257. The van der Waals surface area contributed by atoms with Crippen molar-refractivity contribution < 1.29 is 33.4 Å². The highest BCUT2D eigenvalue weighted by atomic mass is 16.6. The number of alkyl carbamates (subject to hydrolysis) is 2. The van der Waals surface area contributed by atoms with Gasteiger partial charge in [0.1, 0.15) is 29.8 Å². The number of Topliss-reactive ketones (excluding diaryl/α,β-unsaturated/α-hetero) is 2. The minimum atomic E-state index is -1.28. The molecule has 3 rings (SSSR count). The van der Waals surface area contributed by atoms with E-state index in [1.807, 2.05) is 41.3 Å². The number of ether oxygens (including phenoxy) is 2. The van der Waals surface area contributed by atoms with Gasteiger partial charge < -0.3 is 25.4 Å². The molecule has 3 N–H and O–H groups in total. The van der Waals surface area contributed by atoms with Gasteiger partial charge in [0.25, 0.3) is 0 Å². The van der Waals surface area contributed by atoms with E-state index >= 15 is 0 Å². The Morgan fingerprint density at radius 1 is 0.905 bits per heavy atom. The van der Waals surface area contributed by atoms with Gasteiger partial charge in [-0.1, -0.05) is 60.7 Å². The molecule has 1 fully saturated rings. The van der Waals surface area contributed by atoms with Crippen LogP contribution in [0.25, 0.3) is 0 Å². The molecule has 42 heavy (non-hydrogen) atoms. The summed E-state index contributed by atoms with van der Waals surface area (Å²) in [5.74, 6) is -2.17. The van der Waals surface area contributed by atoms with Crippen molar-refractivity contribution >= 4 is 29.7 Å². The monoisotopic (exact) mass is 580 g/mol. The Morgan fingerprint density at radius 3 is 2.17 bits per heavy atom. The Hall–Kier alpha value is -4.25. The smallest absolute Gasteiger partial charge is 0.408 e. The normalized spacial score (nSPS) is 16.2. The van der Waals surface area contributed by atoms with Crippen molar-refractivity contribution in [2.24, 2.45) is 5.92 Å². The summed E-state index contributed by atoms with van der Waals surface area (Å²) in [6.07, 6.45) is -1.68. The Kier molecular flexibility index (Phi) is 12.0. The molecule has 1 aliphatic heterocycles. The lowest BCUT2D eigenvalue weighted by molar-refractivity contribution is -0.138. The fraction of sp³-hybridized carbons (Fsp3) is 0.452. The van der Waals surface area contributed by atoms with E-state index in [1.165, 1.54) is 0 Å². The Morgan fingerprint density at radius 2 is 1.52 bits per heavy atom. The predicted octanol–water partition coefficient (Wildman–Crippen LogP) is 2.97. The van der Waals surface area contributed by atoms with E-state index in [4.69, 9.17) is 9.47 Å². The molecule has 1 heterocycles. The van der Waals surface area contributed by atoms with Crippen molar-refractivity contribution in [1.82, 2.24) is 20.9 Å². The second-order valence-electron chi connectivity index (χ2n) is 11.1. The molecule has 1 aliphatic rings. The van der Waals surface area contributed by atoms with Crippen LogP contribution >= 0.6 is 0 Å². The van der Waals surface area contributed by atoms with Gasteiger partial charge in [-0.15, -0.1) is 0 Å². The number of nitrogens with one attached hydrogen (secondary N) is 3. The number of carbonyl (C=O) groups is 5. The van der Waals surface area contributed by atoms with E-state index in [1.54, 1.807) is 45.0 Å². The summed E-state index contributed by atoms with van der Waals surface area (Å²) < 4.78 is 10.4. The fourth-order valence-electron chi connectivity index (χ4n) is 4.41. The van der Waals surface area contributed by atoms with E-state index in [2.05, 4.69) is 16.0 Å². The lowest BCUT2D eigenvalue weighted by Crippen LogP contribution is -2.51. The Bertz CT molecular complexity index is 1210. The highest BCUT2D eigenvalue weighted by Gasteiger charge is 2.35. The topological polar surface area (TPSA) is 143 Å². The van der Waals surface area contributed by atoms with Gasteiger partial charge in [-0.3, -0.25) is 19.3 Å². The van der Waals surface area contributed by atoms with Crippen molar-refractivity contribution in [3.63, 3.8) is 0 Å². The second-order valence-corrected chi connectivity index (χ2v) is 11.1. The van der Waals surface area contributed by atoms with Gasteiger partial charge in [-0.25, -0.2) is 9.59 Å². The van der Waals surface area contributed by atoms with Gasteiger partial charge in [0, 0.05) is 45.6 Å². The predicted molar refractivity (Wildman–Crippen MR) is 155 cm³/mol. The number of ketones is 2. The van der Waals surface area contributed by atoms with E-state index < -0.39 is 41.4 Å². The minimum absolute atomic E-state index is 0.0235. The molecule has 0 bridgehead atoms. The molecule has 2 aromatic carbocycles. The van der Waals surface area contributed by atoms with Crippen molar-refractivity contribution in [3.05, 3.63) is 71.8 Å². The van der Waals surface area contributed by atoms with Gasteiger partial charge >= 0.3 is 12.2 Å². The lowest BCUT2D eigenvalue weighted by atomic mass is 9.88. The van der Waals surface area contributed by atoms with Crippen molar-refractivity contribution in [2.45, 2.75) is 58.4 Å². The van der Waals surface area contributed by atoms with Crippen LogP contribution in [0.5, 0.6) is 0 Å². The molecule has 0 radical (unpaired) electrons. The first-order valence-electron chi connectivity index (χ1n) is 14.0. The van der Waals surface area contributed by atoms with Crippen LogP contribution in [0.2, 0.25) is 0 Å². The number of piperidine rings is 1. The minimum Gasteiger partial charge on any atom is -0.445 e. The number of rotatable bonds is 12. The molecule has 2 aromatic rings. The molecule has 0 aromatic heterocycles. The summed E-state index contributed by atoms with van der Waals surface area (Å²) in [7, 11) is 0. The largest absolute Gasteiger partial charge is 0.445 e. The highest BCUT2D eigenvalue weighted by molar-refractivity contribution is 6.05. The summed E-state index contributed by atoms with van der Waals surface area (Å²) in [4.78, 5) is 65.6. The maximum Gasteiger partial charge on any atom is 0.408 e. The third kappa shape index (κ3) is 11.3. The van der Waals surface area contributed by atoms with Crippen molar-refractivity contribution in [2.75, 3.05) is 26.2 Å². The molecule has 11 heteroatoms. The molecule has 226 valence electrons. The summed E-state index contributed by atoms with van der Waals surface area (Å²) >= 11 is 0. The summed E-state index contributed by atoms with van der Waals surface area (Å²) in [5.41, 5.74) is 1.15. The van der Waals surface area contributed by atoms with Gasteiger partial charge in [0.05, 0.1) is 5.92 Å². The molecular formula is C31H40N4O7. The molecular weight excluding hydrogens is 540 g/mol. The number of benzene rings is 2. The van der Waals surface area contributed by atoms with Gasteiger partial charge in [0.15, 0.2) is 0 Å². The van der Waals surface area contributed by atoms with Crippen LogP contribution in [0, 0.1) is 5.92 Å². The third-order valence-corrected chi connectivity index (χ3v) is 6.46. The molecule has 11 nitrogen and oxygen atoms in total. The zero-order chi connectivity index (χ0) is 30.5. The first-order chi connectivity index (χ1) is 20.0. The summed E-state index contributed by atoms with van der Waals surface area (Å²) in [5, 5.41) is 7.62. The van der Waals surface area contributed by atoms with Crippen LogP contribution < -0.4 is 16.0 Å². The molecule has 1 saturated heterocycles. The first kappa shape index (κ1) is 32.3. The Labute approximate surface area is 246 Å². The molecule has 0 aliphatic carbocycles. The van der Waals surface area contributed by atoms with Crippen LogP contribution in [0.3, 0.4) is 0 Å². The summed E-state index contributed by atoms with van der Waals surface area (Å²) in [6, 6.07) is 17.5. The van der Waals surface area contributed by atoms with Crippen molar-refractivity contribution in [1.29, 1.82) is 0 Å². The average Bonchev–Trinajstić information content (AvgIpc) is 2.95. The van der Waals surface area contributed by atoms with Crippen LogP contribution in [0.4, 0.5) is 9.59 Å². The maximum atomic E-state index is 13.3. The number of hydrogen-bond donors (Lipinski definition) is 3. The second kappa shape index (κ2) is 15.7. The lowest BCUT2D eigenvalue weighted by Gasteiger charge is -2.31. The van der Waals surface area contributed by atoms with Gasteiger partial charge in [0.2, 0.25) is 5.91 Å². The van der Waals surface area contributed by atoms with E-state index in [0.29, 0.717) is 13.1 Å². The molecule has 3 amide bonds. The molecule has 0 saturated carbocycles. The SMILES string of the molecule is CC(C)(C)OC(=O)NCCNC(=O)[C@H](CC(=O)C1CN(Cc2ccccc2)CCC1=O)NC(=O)OCc1ccccc1. The van der Waals surface area contributed by atoms with Crippen LogP contribution in [-0.2, 0) is 37.0 Å². The van der Waals surface area contributed by atoms with Crippen LogP contribution in [-0.4, -0.2) is 72.4 Å². The highest BCUT2D eigenvalue weighted by Crippen LogP contribution is 2.19. The van der Waals surface area contributed by atoms with E-state index in [9.17, 15) is 24.0 Å². The first-order valence-corrected chi connectivity index (χ1v) is 14.0. The molecule has 1 unspecified atom stereocenters. The van der Waals surface area contributed by atoms with Crippen molar-refractivity contribution in [3.8, 4) is 0 Å². The van der Waals surface area contributed by atoms with E-state index in [0.717, 1.165) is 11.1 Å². The average molecular weight is 581 g/mol. The number of likely N-dealkylation sites (tertiary alicyclic amines) is 1. The van der Waals surface area contributed by atoms with Gasteiger partial charge in [-0.05, 0) is 31.9 Å². The zero-order valence-electron chi connectivity index (χ0n) is 24.4. The third-order valence-electron chi connectivity index (χ3n) is 6.46. The van der Waals surface area contributed by atoms with Crippen LogP contribution in [0.15, 0.2) is 60.7 Å². The van der Waals surface area contributed by atoms with Gasteiger partial charge in [-0.2, -0.15) is 0 Å². The zero-order valence-corrected chi connectivity index (χ0v) is 24.4.